The molecule has 0 fully saturated rings. The SMILES string of the molecule is CC/C=C(\C=C(/N)NC(=O)C(C)C)C(=O)NC(C)c1ccc(OCC(F)(F)F)cc1. The molecular weight excluding hydrogens is 399 g/mol. The molecule has 0 spiro atoms. The number of hydrogen-bond acceptors (Lipinski definition) is 4. The number of allylic oxidation sites excluding steroid dienone is 1. The minimum absolute atomic E-state index is 0.0577. The molecule has 166 valence electrons. The quantitative estimate of drug-likeness (QED) is 0.414. The summed E-state index contributed by atoms with van der Waals surface area (Å²) in [6, 6.07) is 5.55. The molecule has 9 heteroatoms. The summed E-state index contributed by atoms with van der Waals surface area (Å²) in [6.45, 7) is 5.66. The van der Waals surface area contributed by atoms with Gasteiger partial charge in [-0.1, -0.05) is 39.0 Å². The molecule has 2 amide bonds. The molecule has 0 aliphatic heterocycles. The second kappa shape index (κ2) is 11.3. The highest BCUT2D eigenvalue weighted by Crippen LogP contribution is 2.21. The first-order chi connectivity index (χ1) is 13.9. The van der Waals surface area contributed by atoms with Gasteiger partial charge in [-0.25, -0.2) is 0 Å². The normalized spacial score (nSPS) is 13.7. The molecule has 0 radical (unpaired) electrons. The Kier molecular flexibility index (Phi) is 9.42. The van der Waals surface area contributed by atoms with Crippen molar-refractivity contribution in [2.75, 3.05) is 6.61 Å². The van der Waals surface area contributed by atoms with Crippen molar-refractivity contribution in [3.05, 3.63) is 53.4 Å². The van der Waals surface area contributed by atoms with Crippen molar-refractivity contribution in [2.24, 2.45) is 11.7 Å². The third kappa shape index (κ3) is 9.02. The molecule has 4 N–H and O–H groups in total. The average molecular weight is 427 g/mol. The van der Waals surface area contributed by atoms with Gasteiger partial charge in [0, 0.05) is 11.5 Å². The molecule has 0 aliphatic carbocycles. The first-order valence-corrected chi connectivity index (χ1v) is 9.51. The van der Waals surface area contributed by atoms with Crippen LogP contribution in [-0.4, -0.2) is 24.6 Å². The molecule has 0 aromatic heterocycles. The van der Waals surface area contributed by atoms with E-state index in [0.717, 1.165) is 0 Å². The largest absolute Gasteiger partial charge is 0.484 e. The Hall–Kier alpha value is -2.97. The van der Waals surface area contributed by atoms with Crippen LogP contribution in [0.4, 0.5) is 13.2 Å². The fraction of sp³-hybridized carbons (Fsp3) is 0.429. The second-order valence-electron chi connectivity index (χ2n) is 6.98. The molecule has 1 rings (SSSR count). The van der Waals surface area contributed by atoms with E-state index in [-0.39, 0.29) is 29.0 Å². The number of amides is 2. The molecule has 0 aliphatic rings. The van der Waals surface area contributed by atoms with E-state index < -0.39 is 24.7 Å². The molecule has 30 heavy (non-hydrogen) atoms. The van der Waals surface area contributed by atoms with Crippen LogP contribution in [0.5, 0.6) is 5.75 Å². The third-order valence-corrected chi connectivity index (χ3v) is 3.92. The fourth-order valence-corrected chi connectivity index (χ4v) is 2.31. The van der Waals surface area contributed by atoms with E-state index in [1.54, 1.807) is 39.0 Å². The fourth-order valence-electron chi connectivity index (χ4n) is 2.31. The first-order valence-electron chi connectivity index (χ1n) is 9.51. The smallest absolute Gasteiger partial charge is 0.422 e. The second-order valence-corrected chi connectivity index (χ2v) is 6.98. The Labute approximate surface area is 174 Å². The van der Waals surface area contributed by atoms with Gasteiger partial charge in [0.25, 0.3) is 5.91 Å². The average Bonchev–Trinajstić information content (AvgIpc) is 2.65. The number of alkyl halides is 3. The summed E-state index contributed by atoms with van der Waals surface area (Å²) in [5.74, 6) is -0.780. The monoisotopic (exact) mass is 427 g/mol. The third-order valence-electron chi connectivity index (χ3n) is 3.92. The van der Waals surface area contributed by atoms with Gasteiger partial charge in [0.2, 0.25) is 5.91 Å². The van der Waals surface area contributed by atoms with E-state index in [0.29, 0.717) is 12.0 Å². The number of rotatable bonds is 9. The highest BCUT2D eigenvalue weighted by Gasteiger charge is 2.28. The Morgan fingerprint density at radius 2 is 1.77 bits per heavy atom. The van der Waals surface area contributed by atoms with Crippen LogP contribution in [0.25, 0.3) is 0 Å². The Bertz CT molecular complexity index is 785. The molecule has 1 atom stereocenters. The lowest BCUT2D eigenvalue weighted by Crippen LogP contribution is -2.32. The van der Waals surface area contributed by atoms with Crippen LogP contribution >= 0.6 is 0 Å². The standard InChI is InChI=1S/C21H28F3N3O3/c1-5-6-16(11-18(25)27-19(28)13(2)3)20(29)26-14(4)15-7-9-17(10-8-15)30-12-21(22,23)24/h6-11,13-14H,5,12,25H2,1-4H3,(H,26,29)(H,27,28)/b16-6+,18-11+. The topological polar surface area (TPSA) is 93.5 Å². The minimum Gasteiger partial charge on any atom is -0.484 e. The maximum Gasteiger partial charge on any atom is 0.422 e. The summed E-state index contributed by atoms with van der Waals surface area (Å²) in [4.78, 5) is 24.3. The van der Waals surface area contributed by atoms with E-state index in [4.69, 9.17) is 5.73 Å². The molecule has 0 saturated heterocycles. The van der Waals surface area contributed by atoms with Crippen LogP contribution in [0.2, 0.25) is 0 Å². The van der Waals surface area contributed by atoms with Crippen LogP contribution in [-0.2, 0) is 9.59 Å². The summed E-state index contributed by atoms with van der Waals surface area (Å²) in [5, 5.41) is 5.32. The zero-order chi connectivity index (χ0) is 22.9. The van der Waals surface area contributed by atoms with Gasteiger partial charge >= 0.3 is 6.18 Å². The Morgan fingerprint density at radius 1 is 1.17 bits per heavy atom. The zero-order valence-corrected chi connectivity index (χ0v) is 17.5. The van der Waals surface area contributed by atoms with Crippen LogP contribution in [0, 0.1) is 5.92 Å². The van der Waals surface area contributed by atoms with Crippen molar-refractivity contribution in [1.82, 2.24) is 10.6 Å². The summed E-state index contributed by atoms with van der Waals surface area (Å²) < 4.78 is 41.3. The molecule has 1 aromatic rings. The minimum atomic E-state index is -4.41. The maximum absolute atomic E-state index is 12.6. The van der Waals surface area contributed by atoms with Crippen LogP contribution in [0.15, 0.2) is 47.8 Å². The van der Waals surface area contributed by atoms with Crippen molar-refractivity contribution in [3.63, 3.8) is 0 Å². The van der Waals surface area contributed by atoms with Gasteiger partial charge in [-0.3, -0.25) is 9.59 Å². The van der Waals surface area contributed by atoms with E-state index in [9.17, 15) is 22.8 Å². The van der Waals surface area contributed by atoms with Crippen LogP contribution < -0.4 is 21.1 Å². The molecule has 0 heterocycles. The molecular formula is C21H28F3N3O3. The van der Waals surface area contributed by atoms with Crippen LogP contribution in [0.1, 0.15) is 45.7 Å². The van der Waals surface area contributed by atoms with E-state index in [1.165, 1.54) is 18.2 Å². The number of hydrogen-bond donors (Lipinski definition) is 3. The van der Waals surface area contributed by atoms with Gasteiger partial charge in [-0.05, 0) is 37.1 Å². The number of nitrogens with two attached hydrogens (primary N) is 1. The van der Waals surface area contributed by atoms with E-state index in [2.05, 4.69) is 15.4 Å². The summed E-state index contributed by atoms with van der Waals surface area (Å²) in [5.41, 5.74) is 6.79. The molecule has 0 bridgehead atoms. The van der Waals surface area contributed by atoms with Crippen molar-refractivity contribution in [3.8, 4) is 5.75 Å². The number of benzene rings is 1. The highest BCUT2D eigenvalue weighted by atomic mass is 19.4. The number of carbonyl (C=O) groups excluding carboxylic acids is 2. The lowest BCUT2D eigenvalue weighted by Gasteiger charge is -2.16. The van der Waals surface area contributed by atoms with Gasteiger partial charge < -0.3 is 21.1 Å². The van der Waals surface area contributed by atoms with Crippen LogP contribution in [0.3, 0.4) is 0 Å². The summed E-state index contributed by atoms with van der Waals surface area (Å²) >= 11 is 0. The first kappa shape index (κ1) is 25.1. The van der Waals surface area contributed by atoms with Crippen molar-refractivity contribution in [1.29, 1.82) is 0 Å². The molecule has 6 nitrogen and oxygen atoms in total. The Morgan fingerprint density at radius 3 is 2.27 bits per heavy atom. The predicted octanol–water partition coefficient (Wildman–Crippen LogP) is 3.71. The maximum atomic E-state index is 12.6. The predicted molar refractivity (Wildman–Crippen MR) is 108 cm³/mol. The van der Waals surface area contributed by atoms with Gasteiger partial charge in [0.1, 0.15) is 11.6 Å². The lowest BCUT2D eigenvalue weighted by molar-refractivity contribution is -0.153. The highest BCUT2D eigenvalue weighted by molar-refractivity contribution is 5.96. The molecule has 0 saturated carbocycles. The van der Waals surface area contributed by atoms with Gasteiger partial charge in [-0.15, -0.1) is 0 Å². The zero-order valence-electron chi connectivity index (χ0n) is 17.5. The van der Waals surface area contributed by atoms with Gasteiger partial charge in [-0.2, -0.15) is 13.2 Å². The van der Waals surface area contributed by atoms with Crippen molar-refractivity contribution < 1.29 is 27.5 Å². The van der Waals surface area contributed by atoms with Gasteiger partial charge in [0.15, 0.2) is 6.61 Å². The molecule has 1 aromatic carbocycles. The van der Waals surface area contributed by atoms with Crippen molar-refractivity contribution >= 4 is 11.8 Å². The Balaban J connectivity index is 2.80. The van der Waals surface area contributed by atoms with E-state index >= 15 is 0 Å². The number of halogens is 3. The lowest BCUT2D eigenvalue weighted by atomic mass is 10.1. The number of ether oxygens (including phenoxy) is 1. The van der Waals surface area contributed by atoms with Crippen molar-refractivity contribution in [2.45, 2.75) is 46.3 Å². The van der Waals surface area contributed by atoms with Gasteiger partial charge in [0.05, 0.1) is 6.04 Å². The molecule has 1 unspecified atom stereocenters. The number of nitrogens with one attached hydrogen (secondary N) is 2. The van der Waals surface area contributed by atoms with E-state index in [1.807, 2.05) is 6.92 Å². The number of carbonyl (C=O) groups is 2. The summed E-state index contributed by atoms with van der Waals surface area (Å²) in [7, 11) is 0. The summed E-state index contributed by atoms with van der Waals surface area (Å²) in [6.07, 6.45) is -0.777.